The van der Waals surface area contributed by atoms with E-state index in [2.05, 4.69) is 54.2 Å². The zero-order valence-electron chi connectivity index (χ0n) is 11.3. The maximum Gasteiger partial charge on any atom is 0.147 e. The van der Waals surface area contributed by atoms with Gasteiger partial charge in [0, 0.05) is 11.0 Å². The van der Waals surface area contributed by atoms with Crippen LogP contribution >= 0.6 is 15.9 Å². The maximum absolute atomic E-state index is 13.7. The van der Waals surface area contributed by atoms with Gasteiger partial charge in [0.1, 0.15) is 5.82 Å². The zero-order chi connectivity index (χ0) is 14.0. The molecule has 0 fully saturated rings. The average Bonchev–Trinajstić information content (AvgIpc) is 2.34. The van der Waals surface area contributed by atoms with Crippen LogP contribution in [0.4, 0.5) is 10.1 Å². The molecule has 2 rings (SSSR count). The minimum atomic E-state index is -0.240. The summed E-state index contributed by atoms with van der Waals surface area (Å²) in [5.74, 6) is -0.240. The van der Waals surface area contributed by atoms with Crippen molar-refractivity contribution >= 4 is 21.6 Å². The first-order valence-electron chi connectivity index (χ1n) is 6.23. The summed E-state index contributed by atoms with van der Waals surface area (Å²) in [6.45, 7) is 6.90. The molecule has 0 saturated carbocycles. The summed E-state index contributed by atoms with van der Waals surface area (Å²) in [7, 11) is 0. The van der Waals surface area contributed by atoms with Gasteiger partial charge in [-0.15, -0.1) is 0 Å². The SMILES string of the molecule is Cc1cc(C)c(CNc2c(F)cccc2Br)cc1C. The number of halogens is 2. The third-order valence-electron chi connectivity index (χ3n) is 3.37. The number of benzene rings is 2. The van der Waals surface area contributed by atoms with Crippen molar-refractivity contribution in [1.29, 1.82) is 0 Å². The second-order valence-electron chi connectivity index (χ2n) is 4.81. The number of rotatable bonds is 3. The van der Waals surface area contributed by atoms with Gasteiger partial charge in [0.2, 0.25) is 0 Å². The monoisotopic (exact) mass is 321 g/mol. The highest BCUT2D eigenvalue weighted by molar-refractivity contribution is 9.10. The first-order chi connectivity index (χ1) is 8.99. The third-order valence-corrected chi connectivity index (χ3v) is 4.03. The van der Waals surface area contributed by atoms with E-state index in [4.69, 9.17) is 0 Å². The second kappa shape index (κ2) is 5.74. The number of hydrogen-bond donors (Lipinski definition) is 1. The molecule has 0 aromatic heterocycles. The molecule has 1 nitrogen and oxygen atoms in total. The Labute approximate surface area is 122 Å². The minimum Gasteiger partial charge on any atom is -0.378 e. The maximum atomic E-state index is 13.7. The molecule has 0 bridgehead atoms. The van der Waals surface area contributed by atoms with Crippen molar-refractivity contribution in [2.24, 2.45) is 0 Å². The van der Waals surface area contributed by atoms with Gasteiger partial charge >= 0.3 is 0 Å². The summed E-state index contributed by atoms with van der Waals surface area (Å²) in [5.41, 5.74) is 5.48. The predicted molar refractivity (Wildman–Crippen MR) is 82.1 cm³/mol. The Bertz CT molecular complexity index is 588. The van der Waals surface area contributed by atoms with E-state index < -0.39 is 0 Å². The number of nitrogens with one attached hydrogen (secondary N) is 1. The Morgan fingerprint density at radius 1 is 1.05 bits per heavy atom. The lowest BCUT2D eigenvalue weighted by Gasteiger charge is -2.13. The fraction of sp³-hybridized carbons (Fsp3) is 0.250. The van der Waals surface area contributed by atoms with Crippen molar-refractivity contribution in [2.45, 2.75) is 27.3 Å². The molecule has 0 aliphatic heterocycles. The summed E-state index contributed by atoms with van der Waals surface area (Å²) in [6.07, 6.45) is 0. The van der Waals surface area contributed by atoms with Crippen LogP contribution in [0.15, 0.2) is 34.8 Å². The fourth-order valence-corrected chi connectivity index (χ4v) is 2.54. The van der Waals surface area contributed by atoms with E-state index in [0.29, 0.717) is 12.2 Å². The van der Waals surface area contributed by atoms with E-state index in [-0.39, 0.29) is 5.82 Å². The zero-order valence-corrected chi connectivity index (χ0v) is 12.9. The van der Waals surface area contributed by atoms with Crippen LogP contribution in [0.3, 0.4) is 0 Å². The number of anilines is 1. The molecule has 0 spiro atoms. The number of para-hydroxylation sites is 1. The van der Waals surface area contributed by atoms with E-state index in [0.717, 1.165) is 4.47 Å². The quantitative estimate of drug-likeness (QED) is 0.826. The molecular weight excluding hydrogens is 305 g/mol. The van der Waals surface area contributed by atoms with Gasteiger partial charge in [-0.25, -0.2) is 4.39 Å². The highest BCUT2D eigenvalue weighted by atomic mass is 79.9. The first-order valence-corrected chi connectivity index (χ1v) is 7.03. The Morgan fingerprint density at radius 3 is 2.42 bits per heavy atom. The minimum absolute atomic E-state index is 0.240. The van der Waals surface area contributed by atoms with E-state index in [1.165, 1.54) is 28.3 Å². The van der Waals surface area contributed by atoms with Gasteiger partial charge in [0.15, 0.2) is 0 Å². The topological polar surface area (TPSA) is 12.0 Å². The fourth-order valence-electron chi connectivity index (χ4n) is 2.06. The van der Waals surface area contributed by atoms with Crippen LogP contribution in [-0.2, 0) is 6.54 Å². The highest BCUT2D eigenvalue weighted by Crippen LogP contribution is 2.26. The molecule has 100 valence electrons. The standard InChI is InChI=1S/C16H17BrFN/c1-10-7-12(3)13(8-11(10)2)9-19-16-14(17)5-4-6-15(16)18/h4-8,19H,9H2,1-3H3. The molecule has 0 aliphatic carbocycles. The summed E-state index contributed by atoms with van der Waals surface area (Å²) in [5, 5.41) is 3.16. The van der Waals surface area contributed by atoms with Crippen LogP contribution in [0.5, 0.6) is 0 Å². The summed E-state index contributed by atoms with van der Waals surface area (Å²) < 4.78 is 14.4. The molecule has 2 aromatic carbocycles. The molecule has 0 aliphatic rings. The Balaban J connectivity index is 2.22. The molecule has 3 heteroatoms. The van der Waals surface area contributed by atoms with Crippen molar-refractivity contribution in [3.8, 4) is 0 Å². The predicted octanol–water partition coefficient (Wildman–Crippen LogP) is 5.13. The molecule has 2 aromatic rings. The molecule has 0 saturated heterocycles. The lowest BCUT2D eigenvalue weighted by Crippen LogP contribution is -2.04. The molecule has 1 N–H and O–H groups in total. The van der Waals surface area contributed by atoms with Crippen molar-refractivity contribution in [3.63, 3.8) is 0 Å². The Hall–Kier alpha value is -1.35. The molecular formula is C16H17BrFN. The highest BCUT2D eigenvalue weighted by Gasteiger charge is 2.07. The van der Waals surface area contributed by atoms with Crippen molar-refractivity contribution in [3.05, 3.63) is 62.9 Å². The Morgan fingerprint density at radius 2 is 1.74 bits per heavy atom. The molecule has 0 amide bonds. The Kier molecular flexibility index (Phi) is 4.25. The van der Waals surface area contributed by atoms with Crippen LogP contribution < -0.4 is 5.32 Å². The van der Waals surface area contributed by atoms with Crippen LogP contribution in [0, 0.1) is 26.6 Å². The largest absolute Gasteiger partial charge is 0.378 e. The van der Waals surface area contributed by atoms with Crippen molar-refractivity contribution in [2.75, 3.05) is 5.32 Å². The van der Waals surface area contributed by atoms with Gasteiger partial charge in [0.25, 0.3) is 0 Å². The summed E-state index contributed by atoms with van der Waals surface area (Å²) in [6, 6.07) is 9.31. The van der Waals surface area contributed by atoms with Gasteiger partial charge < -0.3 is 5.32 Å². The van der Waals surface area contributed by atoms with Gasteiger partial charge in [-0.2, -0.15) is 0 Å². The van der Waals surface area contributed by atoms with Crippen LogP contribution in [0.2, 0.25) is 0 Å². The number of hydrogen-bond acceptors (Lipinski definition) is 1. The summed E-state index contributed by atoms with van der Waals surface area (Å²) in [4.78, 5) is 0. The van der Waals surface area contributed by atoms with Gasteiger partial charge in [0.05, 0.1) is 5.69 Å². The van der Waals surface area contributed by atoms with Crippen LogP contribution in [-0.4, -0.2) is 0 Å². The lowest BCUT2D eigenvalue weighted by molar-refractivity contribution is 0.629. The van der Waals surface area contributed by atoms with Crippen LogP contribution in [0.25, 0.3) is 0 Å². The molecule has 0 atom stereocenters. The number of aryl methyl sites for hydroxylation is 3. The van der Waals surface area contributed by atoms with Crippen molar-refractivity contribution < 1.29 is 4.39 Å². The van der Waals surface area contributed by atoms with Crippen molar-refractivity contribution in [1.82, 2.24) is 0 Å². The van der Waals surface area contributed by atoms with Gasteiger partial charge in [-0.05, 0) is 71.1 Å². The van der Waals surface area contributed by atoms with E-state index in [9.17, 15) is 4.39 Å². The molecule has 19 heavy (non-hydrogen) atoms. The van der Waals surface area contributed by atoms with Gasteiger partial charge in [-0.1, -0.05) is 18.2 Å². The molecule has 0 radical (unpaired) electrons. The normalized spacial score (nSPS) is 10.6. The average molecular weight is 322 g/mol. The first kappa shape index (κ1) is 14.1. The second-order valence-corrected chi connectivity index (χ2v) is 5.67. The van der Waals surface area contributed by atoms with E-state index in [1.54, 1.807) is 6.07 Å². The molecule has 0 unspecified atom stereocenters. The lowest BCUT2D eigenvalue weighted by atomic mass is 10.0. The van der Waals surface area contributed by atoms with Gasteiger partial charge in [-0.3, -0.25) is 0 Å². The smallest absolute Gasteiger partial charge is 0.147 e. The van der Waals surface area contributed by atoms with E-state index in [1.807, 2.05) is 6.07 Å². The third kappa shape index (κ3) is 3.16. The van der Waals surface area contributed by atoms with E-state index >= 15 is 0 Å². The summed E-state index contributed by atoms with van der Waals surface area (Å²) >= 11 is 3.36. The van der Waals surface area contributed by atoms with Crippen LogP contribution in [0.1, 0.15) is 22.3 Å². The molecule has 0 heterocycles.